The Labute approximate surface area is 219 Å². The van der Waals surface area contributed by atoms with Gasteiger partial charge >= 0.3 is 0 Å². The van der Waals surface area contributed by atoms with Gasteiger partial charge in [0.15, 0.2) is 0 Å². The smallest absolute Gasteiger partial charge is 0.127 e. The molecule has 1 aromatic rings. The van der Waals surface area contributed by atoms with Gasteiger partial charge in [-0.15, -0.1) is 0 Å². The van der Waals surface area contributed by atoms with Crippen LogP contribution in [-0.2, 0) is 21.0 Å². The minimum absolute atomic E-state index is 0.0849. The Morgan fingerprint density at radius 3 is 1.56 bits per heavy atom. The summed E-state index contributed by atoms with van der Waals surface area (Å²) in [6, 6.07) is 2.60. The van der Waals surface area contributed by atoms with Crippen molar-refractivity contribution < 1.29 is 9.47 Å². The largest absolute Gasteiger partial charge is 0.490 e. The van der Waals surface area contributed by atoms with Crippen LogP contribution in [-0.4, -0.2) is 19.3 Å². The van der Waals surface area contributed by atoms with E-state index >= 15 is 0 Å². The fraction of sp³-hybridized carbons (Fsp3) is 0.824. The van der Waals surface area contributed by atoms with Crippen molar-refractivity contribution in [3.63, 3.8) is 0 Å². The standard InChI is InChI=1S/C34H48O2/c1-20-5-28(32(2,3)4)31(36-19-27-18-35-27)30(34-15-24-9-25(16-34)11-26(10-24)17-34)29(20)33-12-21-6-22(13-33)8-23(7-21)14-33/h5,21-27H,6-19H2,1-4H3. The maximum absolute atomic E-state index is 7.04. The molecule has 0 amide bonds. The molecule has 1 unspecified atom stereocenters. The number of aryl methyl sites for hydroxylation is 1. The number of epoxide rings is 1. The Hall–Kier alpha value is -1.02. The molecule has 8 bridgehead atoms. The Bertz CT molecular complexity index is 999. The van der Waals surface area contributed by atoms with E-state index in [-0.39, 0.29) is 5.41 Å². The van der Waals surface area contributed by atoms with Crippen molar-refractivity contribution in [2.24, 2.45) is 35.5 Å². The first kappa shape index (κ1) is 22.9. The molecule has 1 aromatic carbocycles. The van der Waals surface area contributed by atoms with Crippen LogP contribution in [0.1, 0.15) is 120 Å². The first-order valence-corrected chi connectivity index (χ1v) is 15.6. The molecule has 8 saturated carbocycles. The molecular weight excluding hydrogens is 440 g/mol. The van der Waals surface area contributed by atoms with Gasteiger partial charge in [0.25, 0.3) is 0 Å². The van der Waals surface area contributed by atoms with Crippen molar-refractivity contribution >= 4 is 0 Å². The van der Waals surface area contributed by atoms with Crippen LogP contribution in [0.4, 0.5) is 0 Å². The summed E-state index contributed by atoms with van der Waals surface area (Å²) in [5, 5.41) is 0. The van der Waals surface area contributed by atoms with Crippen molar-refractivity contribution in [2.45, 2.75) is 127 Å². The Kier molecular flexibility index (Phi) is 4.80. The number of rotatable bonds is 5. The summed E-state index contributed by atoms with van der Waals surface area (Å²) < 4.78 is 12.7. The topological polar surface area (TPSA) is 21.8 Å². The van der Waals surface area contributed by atoms with Crippen molar-refractivity contribution in [3.8, 4) is 5.75 Å². The van der Waals surface area contributed by atoms with Crippen molar-refractivity contribution in [1.29, 1.82) is 0 Å². The highest BCUT2D eigenvalue weighted by Gasteiger charge is 2.58. The number of hydrogen-bond donors (Lipinski definition) is 0. The minimum Gasteiger partial charge on any atom is -0.490 e. The second-order valence-corrected chi connectivity index (χ2v) is 16.2. The van der Waals surface area contributed by atoms with Crippen LogP contribution in [0.2, 0.25) is 0 Å². The van der Waals surface area contributed by atoms with Gasteiger partial charge in [-0.2, -0.15) is 0 Å². The molecule has 1 saturated heterocycles. The molecule has 0 radical (unpaired) electrons. The third kappa shape index (κ3) is 3.44. The van der Waals surface area contributed by atoms with E-state index in [1.807, 2.05) is 5.56 Å². The van der Waals surface area contributed by atoms with Crippen molar-refractivity contribution in [3.05, 3.63) is 28.3 Å². The monoisotopic (exact) mass is 488 g/mol. The third-order valence-corrected chi connectivity index (χ3v) is 12.2. The van der Waals surface area contributed by atoms with Crippen LogP contribution in [0.3, 0.4) is 0 Å². The first-order chi connectivity index (χ1) is 17.2. The van der Waals surface area contributed by atoms with Crippen LogP contribution in [0.25, 0.3) is 0 Å². The van der Waals surface area contributed by atoms with E-state index in [0.717, 1.165) is 48.7 Å². The van der Waals surface area contributed by atoms with Crippen molar-refractivity contribution in [2.75, 3.05) is 13.2 Å². The van der Waals surface area contributed by atoms with Crippen LogP contribution >= 0.6 is 0 Å². The summed E-state index contributed by atoms with van der Waals surface area (Å²) in [5.41, 5.74) is 7.53. The quantitative estimate of drug-likeness (QED) is 0.392. The van der Waals surface area contributed by atoms with Crippen LogP contribution < -0.4 is 4.74 Å². The minimum atomic E-state index is 0.0849. The molecule has 2 nitrogen and oxygen atoms in total. The Balaban J connectivity index is 1.37. The SMILES string of the molecule is Cc1cc(C(C)(C)C)c(OCC2CO2)c(C23CC4CC(CC(C4)C2)C3)c1C12CC3CC(CC(C3)C1)C2. The molecule has 196 valence electrons. The molecule has 10 rings (SSSR count). The van der Waals surface area contributed by atoms with Gasteiger partial charge in [0.1, 0.15) is 18.5 Å². The molecule has 0 aromatic heterocycles. The average Bonchev–Trinajstić information content (AvgIpc) is 3.59. The maximum atomic E-state index is 7.04. The molecule has 0 spiro atoms. The zero-order valence-electron chi connectivity index (χ0n) is 23.3. The molecule has 9 fully saturated rings. The fourth-order valence-corrected chi connectivity index (χ4v) is 11.9. The summed E-state index contributed by atoms with van der Waals surface area (Å²) in [6.07, 6.45) is 18.1. The van der Waals surface area contributed by atoms with Gasteiger partial charge in [0.2, 0.25) is 0 Å². The average molecular weight is 489 g/mol. The van der Waals surface area contributed by atoms with Crippen LogP contribution in [0.5, 0.6) is 5.75 Å². The predicted octanol–water partition coefficient (Wildman–Crippen LogP) is 8.01. The second kappa shape index (κ2) is 7.55. The molecular formula is C34H48O2. The first-order valence-electron chi connectivity index (χ1n) is 15.6. The molecule has 8 aliphatic carbocycles. The number of benzene rings is 1. The van der Waals surface area contributed by atoms with Gasteiger partial charge in [0.05, 0.1) is 6.61 Å². The number of hydrogen-bond acceptors (Lipinski definition) is 2. The van der Waals surface area contributed by atoms with E-state index < -0.39 is 0 Å². The van der Waals surface area contributed by atoms with E-state index in [9.17, 15) is 0 Å². The van der Waals surface area contributed by atoms with Gasteiger partial charge in [-0.05, 0) is 141 Å². The Morgan fingerprint density at radius 2 is 1.17 bits per heavy atom. The zero-order valence-corrected chi connectivity index (χ0v) is 23.3. The Morgan fingerprint density at radius 1 is 0.750 bits per heavy atom. The summed E-state index contributed by atoms with van der Waals surface area (Å²) in [6.45, 7) is 11.4. The lowest BCUT2D eigenvalue weighted by Gasteiger charge is -2.61. The molecule has 36 heavy (non-hydrogen) atoms. The van der Waals surface area contributed by atoms with E-state index in [0.29, 0.717) is 16.9 Å². The van der Waals surface area contributed by atoms with E-state index in [1.165, 1.54) is 88.4 Å². The van der Waals surface area contributed by atoms with Gasteiger partial charge in [0, 0.05) is 16.5 Å². The highest BCUT2D eigenvalue weighted by Crippen LogP contribution is 2.67. The molecule has 2 heteroatoms. The number of ether oxygens (including phenoxy) is 2. The zero-order chi connectivity index (χ0) is 24.4. The van der Waals surface area contributed by atoms with Gasteiger partial charge in [-0.25, -0.2) is 0 Å². The summed E-state index contributed by atoms with van der Waals surface area (Å²) in [7, 11) is 0. The van der Waals surface area contributed by atoms with Gasteiger partial charge in [-0.1, -0.05) is 26.8 Å². The molecule has 1 aliphatic heterocycles. The van der Waals surface area contributed by atoms with Crippen LogP contribution in [0, 0.1) is 42.4 Å². The van der Waals surface area contributed by atoms with E-state index in [2.05, 4.69) is 33.8 Å². The lowest BCUT2D eigenvalue weighted by atomic mass is 9.43. The molecule has 0 N–H and O–H groups in total. The fourth-order valence-electron chi connectivity index (χ4n) is 11.9. The highest BCUT2D eigenvalue weighted by molar-refractivity contribution is 5.60. The third-order valence-electron chi connectivity index (χ3n) is 12.2. The summed E-state index contributed by atoms with van der Waals surface area (Å²) in [4.78, 5) is 0. The van der Waals surface area contributed by atoms with Gasteiger partial charge < -0.3 is 9.47 Å². The summed E-state index contributed by atoms with van der Waals surface area (Å²) >= 11 is 0. The molecule has 9 aliphatic rings. The van der Waals surface area contributed by atoms with Crippen LogP contribution in [0.15, 0.2) is 6.07 Å². The maximum Gasteiger partial charge on any atom is 0.127 e. The highest BCUT2D eigenvalue weighted by atomic mass is 16.6. The lowest BCUT2D eigenvalue weighted by Crippen LogP contribution is -2.53. The van der Waals surface area contributed by atoms with Gasteiger partial charge in [-0.3, -0.25) is 0 Å². The second-order valence-electron chi connectivity index (χ2n) is 16.2. The molecule has 1 atom stereocenters. The van der Waals surface area contributed by atoms with E-state index in [1.54, 1.807) is 11.1 Å². The molecule has 1 heterocycles. The lowest BCUT2D eigenvalue weighted by molar-refractivity contribution is -0.0188. The normalized spacial score (nSPS) is 45.9. The predicted molar refractivity (Wildman–Crippen MR) is 145 cm³/mol. The van der Waals surface area contributed by atoms with E-state index in [4.69, 9.17) is 9.47 Å². The summed E-state index contributed by atoms with van der Waals surface area (Å²) in [5.74, 6) is 7.14. The van der Waals surface area contributed by atoms with Crippen molar-refractivity contribution in [1.82, 2.24) is 0 Å².